The molecule has 0 spiro atoms. The van der Waals surface area contributed by atoms with Gasteiger partial charge in [-0.3, -0.25) is 9.69 Å². The number of carbonyl (C=O) groups is 1. The standard InChI is InChI=1S/C19H17FN2O2S2/c1-13(23)22(16-8-4-5-9-17(16)24-2)19-21-14(12-26-19)11-25-18-10-6-3-7-15(18)20/h3-10,12H,11H2,1-2H3. The highest BCUT2D eigenvalue weighted by atomic mass is 32.2. The summed E-state index contributed by atoms with van der Waals surface area (Å²) in [6.45, 7) is 1.49. The summed E-state index contributed by atoms with van der Waals surface area (Å²) in [6, 6.07) is 14.0. The summed E-state index contributed by atoms with van der Waals surface area (Å²) in [7, 11) is 1.56. The summed E-state index contributed by atoms with van der Waals surface area (Å²) >= 11 is 2.75. The summed E-state index contributed by atoms with van der Waals surface area (Å²) in [5.41, 5.74) is 1.43. The molecule has 2 aromatic carbocycles. The number of hydrogen-bond donors (Lipinski definition) is 0. The predicted molar refractivity (Wildman–Crippen MR) is 104 cm³/mol. The van der Waals surface area contributed by atoms with E-state index in [1.165, 1.54) is 41.0 Å². The van der Waals surface area contributed by atoms with Crippen molar-refractivity contribution in [3.63, 3.8) is 0 Å². The minimum absolute atomic E-state index is 0.155. The smallest absolute Gasteiger partial charge is 0.230 e. The number of carbonyl (C=O) groups excluding carboxylic acids is 1. The molecule has 3 aromatic rings. The maximum absolute atomic E-state index is 13.7. The molecule has 0 aliphatic heterocycles. The zero-order valence-electron chi connectivity index (χ0n) is 14.3. The van der Waals surface area contributed by atoms with Crippen LogP contribution in [0.3, 0.4) is 0 Å². The van der Waals surface area contributed by atoms with Crippen LogP contribution in [0.5, 0.6) is 5.75 Å². The lowest BCUT2D eigenvalue weighted by molar-refractivity contribution is -0.115. The lowest BCUT2D eigenvalue weighted by Gasteiger charge is -2.20. The molecule has 0 saturated heterocycles. The van der Waals surface area contributed by atoms with E-state index in [1.54, 1.807) is 31.4 Å². The van der Waals surface area contributed by atoms with E-state index in [2.05, 4.69) is 4.98 Å². The molecule has 0 aliphatic rings. The van der Waals surface area contributed by atoms with Gasteiger partial charge in [0.1, 0.15) is 11.6 Å². The van der Waals surface area contributed by atoms with E-state index in [-0.39, 0.29) is 11.7 Å². The van der Waals surface area contributed by atoms with Crippen molar-refractivity contribution in [1.29, 1.82) is 0 Å². The van der Waals surface area contributed by atoms with Crippen molar-refractivity contribution in [2.75, 3.05) is 12.0 Å². The van der Waals surface area contributed by atoms with Crippen molar-refractivity contribution in [1.82, 2.24) is 4.98 Å². The zero-order chi connectivity index (χ0) is 18.5. The van der Waals surface area contributed by atoms with E-state index in [0.29, 0.717) is 27.2 Å². The first kappa shape index (κ1) is 18.4. The Morgan fingerprint density at radius 2 is 1.96 bits per heavy atom. The number of aromatic nitrogens is 1. The minimum Gasteiger partial charge on any atom is -0.495 e. The van der Waals surface area contributed by atoms with Crippen molar-refractivity contribution >= 4 is 39.8 Å². The first-order valence-electron chi connectivity index (χ1n) is 7.85. The number of nitrogens with zero attached hydrogens (tertiary/aromatic N) is 2. The highest BCUT2D eigenvalue weighted by Gasteiger charge is 2.21. The number of halogens is 1. The zero-order valence-corrected chi connectivity index (χ0v) is 15.9. The van der Waals surface area contributed by atoms with Crippen molar-refractivity contribution in [3.8, 4) is 5.75 Å². The Labute approximate surface area is 159 Å². The van der Waals surface area contributed by atoms with E-state index in [1.807, 2.05) is 23.6 Å². The first-order valence-corrected chi connectivity index (χ1v) is 9.72. The number of para-hydroxylation sites is 2. The minimum atomic E-state index is -0.243. The average Bonchev–Trinajstić information content (AvgIpc) is 3.10. The van der Waals surface area contributed by atoms with Gasteiger partial charge in [-0.1, -0.05) is 24.3 Å². The monoisotopic (exact) mass is 388 g/mol. The highest BCUT2D eigenvalue weighted by Crippen LogP contribution is 2.36. The number of benzene rings is 2. The van der Waals surface area contributed by atoms with Gasteiger partial charge >= 0.3 is 0 Å². The fraction of sp³-hybridized carbons (Fsp3) is 0.158. The number of thioether (sulfide) groups is 1. The molecule has 0 fully saturated rings. The summed E-state index contributed by atoms with van der Waals surface area (Å²) < 4.78 is 19.1. The Morgan fingerprint density at radius 1 is 1.23 bits per heavy atom. The molecule has 1 aromatic heterocycles. The molecular weight excluding hydrogens is 371 g/mol. The van der Waals surface area contributed by atoms with Crippen LogP contribution in [0.15, 0.2) is 58.8 Å². The Hall–Kier alpha value is -2.38. The van der Waals surface area contributed by atoms with Crippen LogP contribution in [0, 0.1) is 5.82 Å². The van der Waals surface area contributed by atoms with Gasteiger partial charge < -0.3 is 4.74 Å². The predicted octanol–water partition coefficient (Wildman–Crippen LogP) is 5.27. The van der Waals surface area contributed by atoms with Crippen LogP contribution in [-0.2, 0) is 10.5 Å². The number of methoxy groups -OCH3 is 1. The molecule has 4 nitrogen and oxygen atoms in total. The molecule has 3 rings (SSSR count). The molecule has 0 saturated carbocycles. The summed E-state index contributed by atoms with van der Waals surface area (Å²) in [5.74, 6) is 0.722. The normalized spacial score (nSPS) is 10.6. The number of hydrogen-bond acceptors (Lipinski definition) is 5. The molecule has 0 atom stereocenters. The Bertz CT molecular complexity index is 914. The van der Waals surface area contributed by atoms with Gasteiger partial charge in [-0.05, 0) is 24.3 Å². The number of anilines is 2. The summed E-state index contributed by atoms with van der Waals surface area (Å²) in [4.78, 5) is 18.9. The largest absolute Gasteiger partial charge is 0.495 e. The lowest BCUT2D eigenvalue weighted by atomic mass is 10.2. The van der Waals surface area contributed by atoms with Crippen LogP contribution >= 0.6 is 23.1 Å². The van der Waals surface area contributed by atoms with Gasteiger partial charge in [-0.25, -0.2) is 9.37 Å². The third kappa shape index (κ3) is 4.05. The van der Waals surface area contributed by atoms with Crippen LogP contribution in [0.4, 0.5) is 15.2 Å². The SMILES string of the molecule is COc1ccccc1N(C(C)=O)c1nc(CSc2ccccc2F)cs1. The quantitative estimate of drug-likeness (QED) is 0.540. The van der Waals surface area contributed by atoms with Gasteiger partial charge in [-0.15, -0.1) is 23.1 Å². The van der Waals surface area contributed by atoms with Crippen molar-refractivity contribution in [2.45, 2.75) is 17.6 Å². The van der Waals surface area contributed by atoms with Gasteiger partial charge in [0.25, 0.3) is 0 Å². The van der Waals surface area contributed by atoms with Crippen LogP contribution in [0.25, 0.3) is 0 Å². The average molecular weight is 388 g/mol. The maximum Gasteiger partial charge on any atom is 0.230 e. The van der Waals surface area contributed by atoms with Crippen LogP contribution < -0.4 is 9.64 Å². The third-order valence-electron chi connectivity index (χ3n) is 3.58. The summed E-state index contributed by atoms with van der Waals surface area (Å²) in [6.07, 6.45) is 0. The highest BCUT2D eigenvalue weighted by molar-refractivity contribution is 7.98. The molecule has 134 valence electrons. The second-order valence-corrected chi connectivity index (χ2v) is 7.22. The topological polar surface area (TPSA) is 42.4 Å². The molecule has 0 radical (unpaired) electrons. The van der Waals surface area contributed by atoms with Crippen molar-refractivity contribution in [3.05, 3.63) is 65.4 Å². The van der Waals surface area contributed by atoms with Crippen LogP contribution in [0.2, 0.25) is 0 Å². The molecule has 0 N–H and O–H groups in total. The first-order chi connectivity index (χ1) is 12.6. The van der Waals surface area contributed by atoms with Crippen LogP contribution in [-0.4, -0.2) is 18.0 Å². The number of rotatable bonds is 6. The van der Waals surface area contributed by atoms with E-state index >= 15 is 0 Å². The third-order valence-corrected chi connectivity index (χ3v) is 5.54. The second kappa shape index (κ2) is 8.33. The van der Waals surface area contributed by atoms with E-state index in [4.69, 9.17) is 4.74 Å². The van der Waals surface area contributed by atoms with E-state index < -0.39 is 0 Å². The van der Waals surface area contributed by atoms with Gasteiger partial charge in [-0.2, -0.15) is 0 Å². The lowest BCUT2D eigenvalue weighted by Crippen LogP contribution is -2.23. The molecular formula is C19H17FN2O2S2. The molecule has 0 bridgehead atoms. The van der Waals surface area contributed by atoms with Crippen molar-refractivity contribution in [2.24, 2.45) is 0 Å². The van der Waals surface area contributed by atoms with Gasteiger partial charge in [0.15, 0.2) is 5.13 Å². The molecule has 1 heterocycles. The Kier molecular flexibility index (Phi) is 5.90. The molecule has 7 heteroatoms. The van der Waals surface area contributed by atoms with Gasteiger partial charge in [0.05, 0.1) is 18.5 Å². The molecule has 1 amide bonds. The van der Waals surface area contributed by atoms with Gasteiger partial charge in [0.2, 0.25) is 5.91 Å². The Balaban J connectivity index is 1.82. The van der Waals surface area contributed by atoms with E-state index in [9.17, 15) is 9.18 Å². The van der Waals surface area contributed by atoms with Crippen LogP contribution in [0.1, 0.15) is 12.6 Å². The van der Waals surface area contributed by atoms with Gasteiger partial charge in [0, 0.05) is 23.0 Å². The number of amides is 1. The number of ether oxygens (including phenoxy) is 1. The van der Waals surface area contributed by atoms with E-state index in [0.717, 1.165) is 5.69 Å². The Morgan fingerprint density at radius 3 is 2.69 bits per heavy atom. The molecule has 0 unspecified atom stereocenters. The summed E-state index contributed by atoms with van der Waals surface area (Å²) in [5, 5.41) is 2.44. The fourth-order valence-electron chi connectivity index (χ4n) is 2.40. The fourth-order valence-corrected chi connectivity index (χ4v) is 4.22. The number of thiazole rings is 1. The van der Waals surface area contributed by atoms with Crippen molar-refractivity contribution < 1.29 is 13.9 Å². The second-order valence-electron chi connectivity index (χ2n) is 5.37. The molecule has 0 aliphatic carbocycles. The molecule has 26 heavy (non-hydrogen) atoms. The maximum atomic E-state index is 13.7.